The molecule has 1 aromatic carbocycles. The van der Waals surface area contributed by atoms with Crippen LogP contribution in [-0.2, 0) is 4.79 Å². The fourth-order valence-electron chi connectivity index (χ4n) is 1.30. The molecular formula is C13H16N2O3. The summed E-state index contributed by atoms with van der Waals surface area (Å²) in [5.74, 6) is 0.786. The van der Waals surface area contributed by atoms with Crippen molar-refractivity contribution in [2.45, 2.75) is 13.3 Å². The maximum atomic E-state index is 11.4. The number of benzene rings is 1. The zero-order valence-electron chi connectivity index (χ0n) is 10.5. The summed E-state index contributed by atoms with van der Waals surface area (Å²) in [6, 6.07) is 6.80. The van der Waals surface area contributed by atoms with Crippen LogP contribution < -0.4 is 14.8 Å². The van der Waals surface area contributed by atoms with E-state index in [-0.39, 0.29) is 12.5 Å². The smallest absolute Gasteiger partial charge is 0.257 e. The summed E-state index contributed by atoms with van der Waals surface area (Å²) in [4.78, 5) is 11.4. The van der Waals surface area contributed by atoms with Gasteiger partial charge >= 0.3 is 0 Å². The Balaban J connectivity index is 2.61. The van der Waals surface area contributed by atoms with Crippen molar-refractivity contribution in [2.75, 3.05) is 20.3 Å². The fraction of sp³-hybridized carbons (Fsp3) is 0.385. The molecule has 18 heavy (non-hydrogen) atoms. The number of nitrogens with zero attached hydrogens (tertiary/aromatic N) is 1. The van der Waals surface area contributed by atoms with Gasteiger partial charge in [-0.3, -0.25) is 4.79 Å². The molecule has 0 aliphatic heterocycles. The Morgan fingerprint density at radius 3 is 2.72 bits per heavy atom. The highest BCUT2D eigenvalue weighted by atomic mass is 16.5. The molecule has 0 heterocycles. The first kappa shape index (κ1) is 13.8. The Bertz CT molecular complexity index is 452. The normalized spacial score (nSPS) is 9.39. The second-order valence-corrected chi connectivity index (χ2v) is 3.65. The van der Waals surface area contributed by atoms with E-state index in [1.807, 2.05) is 13.0 Å². The summed E-state index contributed by atoms with van der Waals surface area (Å²) in [5.41, 5.74) is 0.429. The molecule has 0 fully saturated rings. The highest BCUT2D eigenvalue weighted by Gasteiger charge is 2.05. The van der Waals surface area contributed by atoms with Gasteiger partial charge in [-0.15, -0.1) is 0 Å². The molecule has 0 bridgehead atoms. The third-order valence-electron chi connectivity index (χ3n) is 2.19. The lowest BCUT2D eigenvalue weighted by Gasteiger charge is -2.08. The molecule has 1 aromatic rings. The molecule has 0 atom stereocenters. The van der Waals surface area contributed by atoms with Gasteiger partial charge in [-0.05, 0) is 18.6 Å². The lowest BCUT2D eigenvalue weighted by atomic mass is 10.2. The van der Waals surface area contributed by atoms with Gasteiger partial charge in [0.2, 0.25) is 0 Å². The van der Waals surface area contributed by atoms with Gasteiger partial charge in [-0.2, -0.15) is 5.26 Å². The molecule has 0 saturated heterocycles. The van der Waals surface area contributed by atoms with Gasteiger partial charge in [-0.25, -0.2) is 0 Å². The van der Waals surface area contributed by atoms with Crippen LogP contribution in [0.1, 0.15) is 18.9 Å². The van der Waals surface area contributed by atoms with Crippen LogP contribution in [0.25, 0.3) is 0 Å². The predicted molar refractivity (Wildman–Crippen MR) is 66.5 cm³/mol. The predicted octanol–water partition coefficient (Wildman–Crippen LogP) is 1.47. The molecular weight excluding hydrogens is 232 g/mol. The maximum absolute atomic E-state index is 11.4. The van der Waals surface area contributed by atoms with Crippen molar-refractivity contribution in [3.8, 4) is 17.6 Å². The zero-order chi connectivity index (χ0) is 13.4. The molecule has 5 heteroatoms. The Morgan fingerprint density at radius 1 is 1.39 bits per heavy atom. The highest BCUT2D eigenvalue weighted by Crippen LogP contribution is 2.22. The van der Waals surface area contributed by atoms with E-state index in [9.17, 15) is 4.79 Å². The minimum Gasteiger partial charge on any atom is -0.497 e. The quantitative estimate of drug-likeness (QED) is 0.827. The standard InChI is InChI=1S/C13H16N2O3/c1-3-4-15-13(16)9-18-12-6-10(8-14)5-11(7-12)17-2/h5-7H,3-4,9H2,1-2H3,(H,15,16). The van der Waals surface area contributed by atoms with Gasteiger partial charge in [0, 0.05) is 12.6 Å². The lowest BCUT2D eigenvalue weighted by Crippen LogP contribution is -2.29. The van der Waals surface area contributed by atoms with Crippen molar-refractivity contribution < 1.29 is 14.3 Å². The summed E-state index contributed by atoms with van der Waals surface area (Å²) in [6.07, 6.45) is 0.878. The van der Waals surface area contributed by atoms with Gasteiger partial charge in [0.25, 0.3) is 5.91 Å². The number of nitrogens with one attached hydrogen (secondary N) is 1. The van der Waals surface area contributed by atoms with Crippen molar-refractivity contribution in [3.63, 3.8) is 0 Å². The number of carbonyl (C=O) groups is 1. The van der Waals surface area contributed by atoms with Gasteiger partial charge in [0.05, 0.1) is 18.7 Å². The average Bonchev–Trinajstić information content (AvgIpc) is 2.42. The zero-order valence-corrected chi connectivity index (χ0v) is 10.5. The van der Waals surface area contributed by atoms with Gasteiger partial charge < -0.3 is 14.8 Å². The van der Waals surface area contributed by atoms with Crippen molar-refractivity contribution in [3.05, 3.63) is 23.8 Å². The van der Waals surface area contributed by atoms with Crippen LogP contribution in [0, 0.1) is 11.3 Å². The van der Waals surface area contributed by atoms with Crippen LogP contribution in [0.4, 0.5) is 0 Å². The molecule has 5 nitrogen and oxygen atoms in total. The first-order chi connectivity index (χ1) is 8.69. The molecule has 0 aliphatic carbocycles. The van der Waals surface area contributed by atoms with Crippen molar-refractivity contribution in [1.29, 1.82) is 5.26 Å². The molecule has 0 unspecified atom stereocenters. The molecule has 1 rings (SSSR count). The first-order valence-electron chi connectivity index (χ1n) is 5.68. The van der Waals surface area contributed by atoms with Crippen molar-refractivity contribution in [2.24, 2.45) is 0 Å². The number of carbonyl (C=O) groups excluding carboxylic acids is 1. The van der Waals surface area contributed by atoms with E-state index in [1.165, 1.54) is 7.11 Å². The van der Waals surface area contributed by atoms with E-state index in [2.05, 4.69) is 5.32 Å². The molecule has 1 amide bonds. The second-order valence-electron chi connectivity index (χ2n) is 3.65. The number of nitriles is 1. The number of ether oxygens (including phenoxy) is 2. The molecule has 0 saturated carbocycles. The van der Waals surface area contributed by atoms with Crippen LogP contribution >= 0.6 is 0 Å². The van der Waals surface area contributed by atoms with Crippen LogP contribution in [0.2, 0.25) is 0 Å². The lowest BCUT2D eigenvalue weighted by molar-refractivity contribution is -0.123. The van der Waals surface area contributed by atoms with Crippen LogP contribution in [-0.4, -0.2) is 26.2 Å². The Labute approximate surface area is 106 Å². The summed E-state index contributed by atoms with van der Waals surface area (Å²) in [6.45, 7) is 2.53. The Hall–Kier alpha value is -2.22. The van der Waals surface area contributed by atoms with Crippen LogP contribution in [0.3, 0.4) is 0 Å². The number of rotatable bonds is 6. The van der Waals surface area contributed by atoms with E-state index in [4.69, 9.17) is 14.7 Å². The topological polar surface area (TPSA) is 71.3 Å². The minimum absolute atomic E-state index is 0.0714. The van der Waals surface area contributed by atoms with Gasteiger partial charge in [0.15, 0.2) is 6.61 Å². The highest BCUT2D eigenvalue weighted by molar-refractivity contribution is 5.77. The fourth-order valence-corrected chi connectivity index (χ4v) is 1.30. The summed E-state index contributed by atoms with van der Waals surface area (Å²) < 4.78 is 10.3. The SMILES string of the molecule is CCCNC(=O)COc1cc(C#N)cc(OC)c1. The first-order valence-corrected chi connectivity index (χ1v) is 5.68. The maximum Gasteiger partial charge on any atom is 0.257 e. The van der Waals surface area contributed by atoms with Gasteiger partial charge in [0.1, 0.15) is 11.5 Å². The van der Waals surface area contributed by atoms with Crippen molar-refractivity contribution in [1.82, 2.24) is 5.32 Å². The summed E-state index contributed by atoms with van der Waals surface area (Å²) >= 11 is 0. The van der Waals surface area contributed by atoms with E-state index in [0.717, 1.165) is 6.42 Å². The molecule has 0 aliphatic rings. The average molecular weight is 248 g/mol. The van der Waals surface area contributed by atoms with Crippen molar-refractivity contribution >= 4 is 5.91 Å². The third kappa shape index (κ3) is 4.34. The number of methoxy groups -OCH3 is 1. The van der Waals surface area contributed by atoms with E-state index >= 15 is 0 Å². The van der Waals surface area contributed by atoms with Gasteiger partial charge in [-0.1, -0.05) is 6.92 Å². The third-order valence-corrected chi connectivity index (χ3v) is 2.19. The Kier molecular flexibility index (Phi) is 5.52. The number of amides is 1. The van der Waals surface area contributed by atoms with E-state index in [1.54, 1.807) is 18.2 Å². The molecule has 96 valence electrons. The number of hydrogen-bond donors (Lipinski definition) is 1. The van der Waals surface area contributed by atoms with Crippen LogP contribution in [0.5, 0.6) is 11.5 Å². The van der Waals surface area contributed by atoms with E-state index < -0.39 is 0 Å². The minimum atomic E-state index is -0.182. The van der Waals surface area contributed by atoms with Crippen LogP contribution in [0.15, 0.2) is 18.2 Å². The molecule has 0 aromatic heterocycles. The molecule has 0 spiro atoms. The summed E-state index contributed by atoms with van der Waals surface area (Å²) in [7, 11) is 1.51. The monoisotopic (exact) mass is 248 g/mol. The summed E-state index contributed by atoms with van der Waals surface area (Å²) in [5, 5.41) is 11.5. The Morgan fingerprint density at radius 2 is 2.11 bits per heavy atom. The largest absolute Gasteiger partial charge is 0.497 e. The molecule has 1 N–H and O–H groups in total. The molecule has 0 radical (unpaired) electrons. The number of hydrogen-bond acceptors (Lipinski definition) is 4. The van der Waals surface area contributed by atoms with E-state index in [0.29, 0.717) is 23.6 Å². The second kappa shape index (κ2) is 7.17.